The zero-order valence-corrected chi connectivity index (χ0v) is 21.4. The van der Waals surface area contributed by atoms with E-state index in [9.17, 15) is 9.59 Å². The van der Waals surface area contributed by atoms with Gasteiger partial charge in [-0.25, -0.2) is 4.98 Å². The van der Waals surface area contributed by atoms with E-state index >= 15 is 0 Å². The predicted molar refractivity (Wildman–Crippen MR) is 142 cm³/mol. The van der Waals surface area contributed by atoms with Crippen LogP contribution in [0.5, 0.6) is 0 Å². The van der Waals surface area contributed by atoms with Gasteiger partial charge in [-0.15, -0.1) is 0 Å². The monoisotopic (exact) mass is 491 g/mol. The number of rotatable bonds is 4. The molecular formula is C27H37N7O2. The Bertz CT molecular complexity index is 1110. The summed E-state index contributed by atoms with van der Waals surface area (Å²) in [5.41, 5.74) is 4.26. The summed E-state index contributed by atoms with van der Waals surface area (Å²) in [4.78, 5) is 41.6. The minimum absolute atomic E-state index is 0.0795. The zero-order valence-electron chi connectivity index (χ0n) is 21.4. The van der Waals surface area contributed by atoms with E-state index in [4.69, 9.17) is 4.98 Å². The Labute approximate surface area is 213 Å². The van der Waals surface area contributed by atoms with Gasteiger partial charge in [0.1, 0.15) is 12.2 Å². The van der Waals surface area contributed by atoms with E-state index in [0.717, 1.165) is 75.1 Å². The maximum Gasteiger partial charge on any atom is 0.237 e. The number of nitrogens with one attached hydrogen (secondary N) is 2. The molecule has 1 aromatic carbocycles. The molecule has 0 bridgehead atoms. The molecule has 9 nitrogen and oxygen atoms in total. The number of aryl methyl sites for hydroxylation is 2. The summed E-state index contributed by atoms with van der Waals surface area (Å²) in [7, 11) is 2.16. The number of likely N-dealkylation sites (N-methyl/N-ethyl adjacent to an activating group) is 1. The van der Waals surface area contributed by atoms with Crippen LogP contribution in [-0.4, -0.2) is 72.5 Å². The topological polar surface area (TPSA) is 93.7 Å². The Morgan fingerprint density at radius 2 is 1.83 bits per heavy atom. The van der Waals surface area contributed by atoms with Gasteiger partial charge in [0.05, 0.1) is 0 Å². The van der Waals surface area contributed by atoms with Crippen molar-refractivity contribution in [3.8, 4) is 0 Å². The average Bonchev–Trinajstić information content (AvgIpc) is 3.39. The quantitative estimate of drug-likeness (QED) is 0.635. The van der Waals surface area contributed by atoms with Gasteiger partial charge in [-0.3, -0.25) is 14.5 Å². The standard InChI is InChI=1S/C27H37N7O2/c1-19-16-22(33-14-12-32(2)13-15-33)9-10-23(19)30-27-29-18-20-6-5-11-28-24(35)17-25(36)34(26(20)31-27)21-7-3-4-8-21/h9-10,16,18,21H,3-8,11-15,17H2,1-2H3,(H,28,35)(H,29,30,31). The van der Waals surface area contributed by atoms with E-state index in [1.807, 2.05) is 6.20 Å². The molecule has 2 N–H and O–H groups in total. The predicted octanol–water partition coefficient (Wildman–Crippen LogP) is 3.01. The van der Waals surface area contributed by atoms with Crippen LogP contribution in [0.4, 0.5) is 23.1 Å². The fraction of sp³-hybridized carbons (Fsp3) is 0.556. The number of carbonyl (C=O) groups excluding carboxylic acids is 2. The van der Waals surface area contributed by atoms with E-state index in [-0.39, 0.29) is 24.3 Å². The Kier molecular flexibility index (Phi) is 7.36. The fourth-order valence-electron chi connectivity index (χ4n) is 5.46. The number of hydrogen-bond acceptors (Lipinski definition) is 7. The minimum Gasteiger partial charge on any atom is -0.369 e. The van der Waals surface area contributed by atoms with Crippen molar-refractivity contribution in [1.29, 1.82) is 0 Å². The third kappa shape index (κ3) is 5.46. The first-order valence-corrected chi connectivity index (χ1v) is 13.2. The summed E-state index contributed by atoms with van der Waals surface area (Å²) < 4.78 is 0. The van der Waals surface area contributed by atoms with Crippen molar-refractivity contribution in [1.82, 2.24) is 20.2 Å². The molecule has 9 heteroatoms. The van der Waals surface area contributed by atoms with Crippen LogP contribution in [0.1, 0.15) is 49.7 Å². The Morgan fingerprint density at radius 1 is 1.06 bits per heavy atom. The summed E-state index contributed by atoms with van der Waals surface area (Å²) in [5.74, 6) is 0.738. The number of hydrogen-bond donors (Lipinski definition) is 2. The SMILES string of the molecule is Cc1cc(N2CCN(C)CC2)ccc1Nc1ncc2c(n1)N(C1CCCC1)C(=O)CC(=O)NCCC2. The molecule has 1 aliphatic carbocycles. The van der Waals surface area contributed by atoms with Crippen LogP contribution in [0.25, 0.3) is 0 Å². The molecule has 0 unspecified atom stereocenters. The number of amides is 2. The van der Waals surface area contributed by atoms with Gasteiger partial charge in [0.2, 0.25) is 17.8 Å². The molecule has 3 aliphatic rings. The van der Waals surface area contributed by atoms with Crippen molar-refractivity contribution in [2.75, 3.05) is 54.9 Å². The van der Waals surface area contributed by atoms with Crippen LogP contribution in [0.15, 0.2) is 24.4 Å². The summed E-state index contributed by atoms with van der Waals surface area (Å²) in [6, 6.07) is 6.52. The maximum absolute atomic E-state index is 13.3. The second-order valence-corrected chi connectivity index (χ2v) is 10.3. The van der Waals surface area contributed by atoms with Crippen molar-refractivity contribution in [3.63, 3.8) is 0 Å². The lowest BCUT2D eigenvalue weighted by molar-refractivity contribution is -0.128. The van der Waals surface area contributed by atoms with Crippen LogP contribution in [0.2, 0.25) is 0 Å². The van der Waals surface area contributed by atoms with Gasteiger partial charge in [0, 0.05) is 61.9 Å². The highest BCUT2D eigenvalue weighted by molar-refractivity contribution is 6.05. The highest BCUT2D eigenvalue weighted by atomic mass is 16.2. The molecule has 3 heterocycles. The molecule has 2 amide bonds. The van der Waals surface area contributed by atoms with Gasteiger partial charge >= 0.3 is 0 Å². The largest absolute Gasteiger partial charge is 0.369 e. The number of anilines is 4. The van der Waals surface area contributed by atoms with E-state index in [1.165, 1.54) is 5.69 Å². The lowest BCUT2D eigenvalue weighted by Gasteiger charge is -2.34. The molecule has 1 saturated carbocycles. The molecule has 5 rings (SSSR count). The maximum atomic E-state index is 13.3. The molecule has 2 fully saturated rings. The molecule has 2 aliphatic heterocycles. The number of fused-ring (bicyclic) bond motifs is 1. The molecule has 0 spiro atoms. The van der Waals surface area contributed by atoms with Crippen LogP contribution in [0.3, 0.4) is 0 Å². The first-order valence-electron chi connectivity index (χ1n) is 13.2. The van der Waals surface area contributed by atoms with Crippen molar-refractivity contribution in [2.24, 2.45) is 0 Å². The van der Waals surface area contributed by atoms with Gasteiger partial charge in [-0.2, -0.15) is 4.98 Å². The van der Waals surface area contributed by atoms with Gasteiger partial charge < -0.3 is 20.4 Å². The van der Waals surface area contributed by atoms with Gasteiger partial charge in [0.25, 0.3) is 0 Å². The highest BCUT2D eigenvalue weighted by Gasteiger charge is 2.32. The first-order chi connectivity index (χ1) is 17.5. The second-order valence-electron chi connectivity index (χ2n) is 10.3. The Hall–Kier alpha value is -3.20. The normalized spacial score (nSPS) is 20.3. The van der Waals surface area contributed by atoms with Crippen molar-refractivity contribution in [2.45, 2.75) is 57.9 Å². The fourth-order valence-corrected chi connectivity index (χ4v) is 5.46. The summed E-state index contributed by atoms with van der Waals surface area (Å²) >= 11 is 0. The lowest BCUT2D eigenvalue weighted by Crippen LogP contribution is -2.44. The number of nitrogens with zero attached hydrogens (tertiary/aromatic N) is 5. The van der Waals surface area contributed by atoms with Crippen molar-refractivity contribution < 1.29 is 9.59 Å². The molecular weight excluding hydrogens is 454 g/mol. The zero-order chi connectivity index (χ0) is 25.1. The van der Waals surface area contributed by atoms with Gasteiger partial charge in [0.15, 0.2) is 0 Å². The molecule has 1 saturated heterocycles. The summed E-state index contributed by atoms with van der Waals surface area (Å²) in [6.07, 6.45) is 7.25. The molecule has 1 aromatic heterocycles. The molecule has 0 atom stereocenters. The molecule has 0 radical (unpaired) electrons. The minimum atomic E-state index is -0.213. The molecule has 36 heavy (non-hydrogen) atoms. The lowest BCUT2D eigenvalue weighted by atomic mass is 10.1. The first kappa shape index (κ1) is 24.5. The van der Waals surface area contributed by atoms with Crippen LogP contribution < -0.4 is 20.4 Å². The number of aromatic nitrogens is 2. The Morgan fingerprint density at radius 3 is 2.58 bits per heavy atom. The van der Waals surface area contributed by atoms with E-state index < -0.39 is 0 Å². The third-order valence-electron chi connectivity index (χ3n) is 7.61. The number of benzene rings is 1. The third-order valence-corrected chi connectivity index (χ3v) is 7.61. The van der Waals surface area contributed by atoms with Crippen molar-refractivity contribution in [3.05, 3.63) is 35.5 Å². The second kappa shape index (κ2) is 10.8. The average molecular weight is 492 g/mol. The number of carbonyl (C=O) groups is 2. The molecule has 2 aromatic rings. The van der Waals surface area contributed by atoms with Gasteiger partial charge in [-0.1, -0.05) is 12.8 Å². The van der Waals surface area contributed by atoms with E-state index in [1.54, 1.807) is 4.90 Å². The smallest absolute Gasteiger partial charge is 0.237 e. The van der Waals surface area contributed by atoms with E-state index in [0.29, 0.717) is 24.7 Å². The number of piperazine rings is 1. The van der Waals surface area contributed by atoms with Crippen molar-refractivity contribution >= 4 is 35.0 Å². The molecule has 192 valence electrons. The summed E-state index contributed by atoms with van der Waals surface area (Å²) in [6.45, 7) is 6.84. The highest BCUT2D eigenvalue weighted by Crippen LogP contribution is 2.32. The Balaban J connectivity index is 1.42. The van der Waals surface area contributed by atoms with Crippen LogP contribution in [-0.2, 0) is 16.0 Å². The van der Waals surface area contributed by atoms with E-state index in [2.05, 4.69) is 57.6 Å². The van der Waals surface area contributed by atoms with Crippen LogP contribution >= 0.6 is 0 Å². The van der Waals surface area contributed by atoms with Crippen LogP contribution in [0, 0.1) is 6.92 Å². The van der Waals surface area contributed by atoms with Gasteiger partial charge in [-0.05, 0) is 63.4 Å². The summed E-state index contributed by atoms with van der Waals surface area (Å²) in [5, 5.41) is 6.25.